The first-order valence-corrected chi connectivity index (χ1v) is 8.91. The molecule has 1 heterocycles. The van der Waals surface area contributed by atoms with Crippen molar-refractivity contribution >= 4 is 27.5 Å². The summed E-state index contributed by atoms with van der Waals surface area (Å²) in [5.74, 6) is -0.683. The van der Waals surface area contributed by atoms with Gasteiger partial charge in [-0.2, -0.15) is 0 Å². The van der Waals surface area contributed by atoms with E-state index in [4.69, 9.17) is 5.73 Å². The van der Waals surface area contributed by atoms with Gasteiger partial charge in [0.05, 0.1) is 11.3 Å². The van der Waals surface area contributed by atoms with Gasteiger partial charge in [0.1, 0.15) is 5.82 Å². The number of carbonyl (C=O) groups is 1. The Morgan fingerprint density at radius 3 is 2.50 bits per heavy atom. The predicted molar refractivity (Wildman–Crippen MR) is 97.7 cm³/mol. The molecule has 1 fully saturated rings. The van der Waals surface area contributed by atoms with Crippen LogP contribution >= 0.6 is 15.9 Å². The fraction of sp³-hybridized carbons (Fsp3) is 0.316. The summed E-state index contributed by atoms with van der Waals surface area (Å²) in [6, 6.07) is 13.5. The topological polar surface area (TPSA) is 46.3 Å². The quantitative estimate of drug-likeness (QED) is 0.852. The number of halogens is 2. The number of hydrogen-bond donors (Lipinski definition) is 1. The number of carbonyl (C=O) groups excluding carboxylic acids is 1. The molecule has 0 atom stereocenters. The van der Waals surface area contributed by atoms with E-state index in [9.17, 15) is 9.18 Å². The summed E-state index contributed by atoms with van der Waals surface area (Å²) in [7, 11) is 0. The predicted octanol–water partition coefficient (Wildman–Crippen LogP) is 4.15. The molecule has 126 valence electrons. The van der Waals surface area contributed by atoms with E-state index < -0.39 is 11.7 Å². The average Bonchev–Trinajstić information content (AvgIpc) is 2.55. The van der Waals surface area contributed by atoms with Crippen molar-refractivity contribution in [1.82, 2.24) is 0 Å². The lowest BCUT2D eigenvalue weighted by atomic mass is 9.89. The monoisotopic (exact) mass is 390 g/mol. The van der Waals surface area contributed by atoms with Crippen molar-refractivity contribution in [2.75, 3.05) is 18.0 Å². The molecule has 0 saturated carbocycles. The Kier molecular flexibility index (Phi) is 5.19. The van der Waals surface area contributed by atoms with Gasteiger partial charge in [-0.3, -0.25) is 4.79 Å². The molecule has 5 heteroatoms. The second-order valence-corrected chi connectivity index (χ2v) is 7.18. The molecule has 0 radical (unpaired) electrons. The number of amides is 1. The van der Waals surface area contributed by atoms with Crippen molar-refractivity contribution < 1.29 is 9.18 Å². The molecule has 3 nitrogen and oxygen atoms in total. The first-order valence-electron chi connectivity index (χ1n) is 8.12. The highest BCUT2D eigenvalue weighted by Gasteiger charge is 2.25. The van der Waals surface area contributed by atoms with E-state index in [0.29, 0.717) is 16.1 Å². The molecular formula is C19H20BrFN2O. The molecule has 0 aromatic heterocycles. The second kappa shape index (κ2) is 7.34. The smallest absolute Gasteiger partial charge is 0.253 e. The Labute approximate surface area is 149 Å². The minimum absolute atomic E-state index is 0.0142. The van der Waals surface area contributed by atoms with E-state index in [-0.39, 0.29) is 5.56 Å². The van der Waals surface area contributed by atoms with Gasteiger partial charge in [-0.15, -0.1) is 0 Å². The Bertz CT molecular complexity index is 728. The molecule has 3 rings (SSSR count). The van der Waals surface area contributed by atoms with Crippen LogP contribution in [0.2, 0.25) is 0 Å². The summed E-state index contributed by atoms with van der Waals surface area (Å²) in [6.45, 7) is 1.60. The molecule has 1 saturated heterocycles. The van der Waals surface area contributed by atoms with E-state index in [2.05, 4.69) is 45.1 Å². The van der Waals surface area contributed by atoms with Crippen LogP contribution in [0.1, 0.15) is 28.8 Å². The van der Waals surface area contributed by atoms with Gasteiger partial charge in [-0.1, -0.05) is 46.3 Å². The average molecular weight is 391 g/mol. The molecule has 1 aliphatic rings. The van der Waals surface area contributed by atoms with E-state index >= 15 is 0 Å². The maximum Gasteiger partial charge on any atom is 0.253 e. The SMILES string of the molecule is NC(=O)c1c(F)cc(Br)cc1N1CCC(Cc2ccccc2)CC1. The number of rotatable bonds is 4. The molecule has 2 aromatic carbocycles. The molecular weight excluding hydrogens is 371 g/mol. The van der Waals surface area contributed by atoms with Gasteiger partial charge in [0.25, 0.3) is 5.91 Å². The van der Waals surface area contributed by atoms with Gasteiger partial charge in [0, 0.05) is 17.6 Å². The zero-order valence-corrected chi connectivity index (χ0v) is 14.9. The van der Waals surface area contributed by atoms with Crippen molar-refractivity contribution in [3.63, 3.8) is 0 Å². The normalized spacial score (nSPS) is 15.5. The summed E-state index contributed by atoms with van der Waals surface area (Å²) in [4.78, 5) is 13.7. The maximum absolute atomic E-state index is 14.1. The molecule has 0 aliphatic carbocycles. The number of primary amides is 1. The van der Waals surface area contributed by atoms with Crippen LogP contribution in [0.4, 0.5) is 10.1 Å². The minimum Gasteiger partial charge on any atom is -0.371 e. The molecule has 1 aliphatic heterocycles. The third kappa shape index (κ3) is 3.78. The molecule has 2 aromatic rings. The first-order chi connectivity index (χ1) is 11.5. The zero-order valence-electron chi connectivity index (χ0n) is 13.3. The molecule has 2 N–H and O–H groups in total. The molecule has 0 spiro atoms. The highest BCUT2D eigenvalue weighted by atomic mass is 79.9. The lowest BCUT2D eigenvalue weighted by molar-refractivity contribution is 0.0997. The molecule has 1 amide bonds. The van der Waals surface area contributed by atoms with Crippen LogP contribution in [-0.2, 0) is 6.42 Å². The summed E-state index contributed by atoms with van der Waals surface area (Å²) in [5, 5.41) is 0. The lowest BCUT2D eigenvalue weighted by Gasteiger charge is -2.34. The Hall–Kier alpha value is -1.88. The fourth-order valence-corrected chi connectivity index (χ4v) is 3.80. The third-order valence-electron chi connectivity index (χ3n) is 4.60. The maximum atomic E-state index is 14.1. The summed E-state index contributed by atoms with van der Waals surface area (Å²) in [5.41, 5.74) is 7.31. The Morgan fingerprint density at radius 2 is 1.88 bits per heavy atom. The van der Waals surface area contributed by atoms with Crippen LogP contribution in [-0.4, -0.2) is 19.0 Å². The van der Waals surface area contributed by atoms with Crippen LogP contribution in [0.15, 0.2) is 46.9 Å². The van der Waals surface area contributed by atoms with Gasteiger partial charge in [0.2, 0.25) is 0 Å². The van der Waals surface area contributed by atoms with Crippen molar-refractivity contribution in [1.29, 1.82) is 0 Å². The number of piperidine rings is 1. The van der Waals surface area contributed by atoms with Gasteiger partial charge >= 0.3 is 0 Å². The second-order valence-electron chi connectivity index (χ2n) is 6.27. The van der Waals surface area contributed by atoms with Gasteiger partial charge in [0.15, 0.2) is 0 Å². The number of nitrogens with two attached hydrogens (primary N) is 1. The van der Waals surface area contributed by atoms with Crippen molar-refractivity contribution in [3.05, 3.63) is 63.9 Å². The number of benzene rings is 2. The highest BCUT2D eigenvalue weighted by molar-refractivity contribution is 9.10. The fourth-order valence-electron chi connectivity index (χ4n) is 3.38. The Balaban J connectivity index is 1.72. The van der Waals surface area contributed by atoms with Crippen molar-refractivity contribution in [2.24, 2.45) is 11.7 Å². The lowest BCUT2D eigenvalue weighted by Crippen LogP contribution is -2.36. The summed E-state index contributed by atoms with van der Waals surface area (Å²) < 4.78 is 14.7. The molecule has 0 bridgehead atoms. The van der Waals surface area contributed by atoms with Gasteiger partial charge in [-0.25, -0.2) is 4.39 Å². The minimum atomic E-state index is -0.721. The third-order valence-corrected chi connectivity index (χ3v) is 5.06. The highest BCUT2D eigenvalue weighted by Crippen LogP contribution is 2.31. The van der Waals surface area contributed by atoms with E-state index in [1.165, 1.54) is 11.6 Å². The summed E-state index contributed by atoms with van der Waals surface area (Å²) >= 11 is 3.30. The zero-order chi connectivity index (χ0) is 17.1. The van der Waals surface area contributed by atoms with E-state index in [1.807, 2.05) is 6.07 Å². The molecule has 0 unspecified atom stereocenters. The standard InChI is InChI=1S/C19H20BrFN2O/c20-15-11-16(21)18(19(22)24)17(12-15)23-8-6-14(7-9-23)10-13-4-2-1-3-5-13/h1-5,11-12,14H,6-10H2,(H2,22,24). The Morgan fingerprint density at radius 1 is 1.21 bits per heavy atom. The summed E-state index contributed by atoms with van der Waals surface area (Å²) in [6.07, 6.45) is 3.09. The van der Waals surface area contributed by atoms with E-state index in [0.717, 1.165) is 32.4 Å². The van der Waals surface area contributed by atoms with E-state index in [1.54, 1.807) is 6.07 Å². The van der Waals surface area contributed by atoms with Crippen molar-refractivity contribution in [3.8, 4) is 0 Å². The van der Waals surface area contributed by atoms with Crippen LogP contribution in [0.5, 0.6) is 0 Å². The van der Waals surface area contributed by atoms with Crippen LogP contribution in [0.3, 0.4) is 0 Å². The van der Waals surface area contributed by atoms with Gasteiger partial charge < -0.3 is 10.6 Å². The molecule has 24 heavy (non-hydrogen) atoms. The number of nitrogens with zero attached hydrogens (tertiary/aromatic N) is 1. The largest absolute Gasteiger partial charge is 0.371 e. The van der Waals surface area contributed by atoms with Crippen LogP contribution in [0, 0.1) is 11.7 Å². The van der Waals surface area contributed by atoms with Gasteiger partial charge in [-0.05, 0) is 42.9 Å². The van der Waals surface area contributed by atoms with Crippen LogP contribution in [0.25, 0.3) is 0 Å². The van der Waals surface area contributed by atoms with Crippen LogP contribution < -0.4 is 10.6 Å². The number of hydrogen-bond acceptors (Lipinski definition) is 2. The van der Waals surface area contributed by atoms with Crippen molar-refractivity contribution in [2.45, 2.75) is 19.3 Å². The first kappa shape index (κ1) is 17.0. The number of anilines is 1.